The van der Waals surface area contributed by atoms with Crippen molar-refractivity contribution in [3.63, 3.8) is 0 Å². The predicted molar refractivity (Wildman–Crippen MR) is 78.1 cm³/mol. The molecule has 1 aliphatic rings. The summed E-state index contributed by atoms with van der Waals surface area (Å²) in [7, 11) is 0. The molecule has 0 bridgehead atoms. The maximum Gasteiger partial charge on any atom is 0.303 e. The third-order valence-electron chi connectivity index (χ3n) is 4.97. The summed E-state index contributed by atoms with van der Waals surface area (Å²) in [5, 5.41) is 11.6. The first-order chi connectivity index (χ1) is 9.16. The standard InChI is InChI=1S/C15H28N2O3/c1-9(7-13(18)19)8-17-14(20)11-5-6-12(16)10(2)15(11,3)4/h9-12H,5-8,16H2,1-4H3,(H,17,20)(H,18,19). The number of rotatable bonds is 5. The van der Waals surface area contributed by atoms with E-state index in [0.29, 0.717) is 12.5 Å². The molecule has 1 amide bonds. The van der Waals surface area contributed by atoms with E-state index in [1.165, 1.54) is 0 Å². The molecule has 0 saturated heterocycles. The number of nitrogens with one attached hydrogen (secondary N) is 1. The molecule has 0 radical (unpaired) electrons. The smallest absolute Gasteiger partial charge is 0.303 e. The summed E-state index contributed by atoms with van der Waals surface area (Å²) >= 11 is 0. The maximum atomic E-state index is 12.4. The number of carboxylic acids is 1. The van der Waals surface area contributed by atoms with Crippen LogP contribution in [0.25, 0.3) is 0 Å². The van der Waals surface area contributed by atoms with Crippen molar-refractivity contribution in [3.8, 4) is 0 Å². The van der Waals surface area contributed by atoms with Crippen molar-refractivity contribution in [3.05, 3.63) is 0 Å². The lowest BCUT2D eigenvalue weighted by molar-refractivity contribution is -0.138. The minimum atomic E-state index is -0.829. The van der Waals surface area contributed by atoms with Crippen LogP contribution in [-0.4, -0.2) is 29.6 Å². The lowest BCUT2D eigenvalue weighted by Crippen LogP contribution is -2.52. The number of carboxylic acid groups (broad SMARTS) is 1. The second-order valence-corrected chi connectivity index (χ2v) is 6.85. The Morgan fingerprint density at radius 3 is 2.55 bits per heavy atom. The first-order valence-corrected chi connectivity index (χ1v) is 7.41. The number of carbonyl (C=O) groups excluding carboxylic acids is 1. The quantitative estimate of drug-likeness (QED) is 0.715. The molecule has 0 heterocycles. The fourth-order valence-electron chi connectivity index (χ4n) is 3.09. The molecule has 5 nitrogen and oxygen atoms in total. The van der Waals surface area contributed by atoms with Gasteiger partial charge in [-0.2, -0.15) is 0 Å². The maximum absolute atomic E-state index is 12.4. The molecule has 1 saturated carbocycles. The molecule has 20 heavy (non-hydrogen) atoms. The largest absolute Gasteiger partial charge is 0.481 e. The lowest BCUT2D eigenvalue weighted by Gasteiger charge is -2.46. The van der Waals surface area contributed by atoms with Crippen molar-refractivity contribution < 1.29 is 14.7 Å². The number of amides is 1. The molecule has 0 aromatic rings. The third-order valence-corrected chi connectivity index (χ3v) is 4.97. The topological polar surface area (TPSA) is 92.4 Å². The molecule has 0 spiro atoms. The summed E-state index contributed by atoms with van der Waals surface area (Å²) in [5.41, 5.74) is 5.97. The number of hydrogen-bond acceptors (Lipinski definition) is 3. The number of nitrogens with two attached hydrogens (primary N) is 1. The normalized spacial score (nSPS) is 30.6. The Morgan fingerprint density at radius 1 is 1.40 bits per heavy atom. The molecule has 1 fully saturated rings. The Bertz CT molecular complexity index is 368. The fraction of sp³-hybridized carbons (Fsp3) is 0.867. The summed E-state index contributed by atoms with van der Waals surface area (Å²) in [6, 6.07) is 0.153. The molecule has 0 aromatic heterocycles. The van der Waals surface area contributed by atoms with E-state index in [2.05, 4.69) is 26.1 Å². The van der Waals surface area contributed by atoms with Crippen LogP contribution in [0.5, 0.6) is 0 Å². The number of aliphatic carboxylic acids is 1. The number of carbonyl (C=O) groups is 2. The van der Waals surface area contributed by atoms with Crippen molar-refractivity contribution in [1.29, 1.82) is 0 Å². The minimum absolute atomic E-state index is 0.0333. The average molecular weight is 284 g/mol. The molecule has 5 heteroatoms. The number of hydrogen-bond donors (Lipinski definition) is 3. The second-order valence-electron chi connectivity index (χ2n) is 6.85. The summed E-state index contributed by atoms with van der Waals surface area (Å²) in [4.78, 5) is 23.0. The molecule has 0 aromatic carbocycles. The van der Waals surface area contributed by atoms with Gasteiger partial charge in [0.05, 0.1) is 0 Å². The van der Waals surface area contributed by atoms with Gasteiger partial charge in [0.1, 0.15) is 0 Å². The zero-order valence-corrected chi connectivity index (χ0v) is 13.0. The van der Waals surface area contributed by atoms with Gasteiger partial charge in [-0.15, -0.1) is 0 Å². The van der Waals surface area contributed by atoms with E-state index in [1.54, 1.807) is 0 Å². The van der Waals surface area contributed by atoms with E-state index in [-0.39, 0.29) is 35.6 Å². The highest BCUT2D eigenvalue weighted by molar-refractivity contribution is 5.79. The Hall–Kier alpha value is -1.10. The van der Waals surface area contributed by atoms with Gasteiger partial charge in [0.2, 0.25) is 5.91 Å². The monoisotopic (exact) mass is 284 g/mol. The van der Waals surface area contributed by atoms with Crippen molar-refractivity contribution in [2.24, 2.45) is 28.9 Å². The van der Waals surface area contributed by atoms with Crippen LogP contribution in [0, 0.1) is 23.2 Å². The Balaban J connectivity index is 2.57. The molecule has 4 N–H and O–H groups in total. The van der Waals surface area contributed by atoms with Crippen molar-refractivity contribution in [2.75, 3.05) is 6.54 Å². The van der Waals surface area contributed by atoms with Gasteiger partial charge in [0, 0.05) is 24.9 Å². The van der Waals surface area contributed by atoms with Crippen LogP contribution in [0.4, 0.5) is 0 Å². The van der Waals surface area contributed by atoms with E-state index < -0.39 is 5.97 Å². The van der Waals surface area contributed by atoms with Gasteiger partial charge in [0.25, 0.3) is 0 Å². The van der Waals surface area contributed by atoms with Crippen molar-refractivity contribution >= 4 is 11.9 Å². The summed E-state index contributed by atoms with van der Waals surface area (Å²) < 4.78 is 0. The third kappa shape index (κ3) is 3.95. The van der Waals surface area contributed by atoms with Gasteiger partial charge in [-0.1, -0.05) is 27.7 Å². The lowest BCUT2D eigenvalue weighted by atomic mass is 9.61. The summed E-state index contributed by atoms with van der Waals surface area (Å²) in [5.74, 6) is -0.601. The Kier molecular flexibility index (Phi) is 5.57. The molecule has 116 valence electrons. The summed E-state index contributed by atoms with van der Waals surface area (Å²) in [6.07, 6.45) is 1.75. The van der Waals surface area contributed by atoms with Crippen LogP contribution < -0.4 is 11.1 Å². The average Bonchev–Trinajstić information content (AvgIpc) is 2.32. The summed E-state index contributed by atoms with van der Waals surface area (Å²) in [6.45, 7) is 8.55. The van der Waals surface area contributed by atoms with Gasteiger partial charge in [-0.3, -0.25) is 9.59 Å². The van der Waals surface area contributed by atoms with E-state index in [4.69, 9.17) is 10.8 Å². The van der Waals surface area contributed by atoms with Gasteiger partial charge < -0.3 is 16.2 Å². The minimum Gasteiger partial charge on any atom is -0.481 e. The van der Waals surface area contributed by atoms with Crippen LogP contribution in [0.1, 0.15) is 47.0 Å². The van der Waals surface area contributed by atoms with Crippen LogP contribution in [-0.2, 0) is 9.59 Å². The van der Waals surface area contributed by atoms with Crippen LogP contribution in [0.3, 0.4) is 0 Å². The zero-order valence-electron chi connectivity index (χ0n) is 13.0. The highest BCUT2D eigenvalue weighted by Gasteiger charge is 2.44. The van der Waals surface area contributed by atoms with Crippen molar-refractivity contribution in [1.82, 2.24) is 5.32 Å². The zero-order chi connectivity index (χ0) is 15.5. The van der Waals surface area contributed by atoms with Gasteiger partial charge in [0.15, 0.2) is 0 Å². The highest BCUT2D eigenvalue weighted by atomic mass is 16.4. The molecule has 1 aliphatic carbocycles. The van der Waals surface area contributed by atoms with Crippen LogP contribution in [0.2, 0.25) is 0 Å². The molecule has 1 rings (SSSR count). The van der Waals surface area contributed by atoms with Crippen LogP contribution in [0.15, 0.2) is 0 Å². The fourth-order valence-corrected chi connectivity index (χ4v) is 3.09. The van der Waals surface area contributed by atoms with E-state index in [1.807, 2.05) is 6.92 Å². The molecule has 4 atom stereocenters. The second kappa shape index (κ2) is 6.57. The van der Waals surface area contributed by atoms with Gasteiger partial charge >= 0.3 is 5.97 Å². The van der Waals surface area contributed by atoms with Crippen LogP contribution >= 0.6 is 0 Å². The molecule has 4 unspecified atom stereocenters. The predicted octanol–water partition coefficient (Wildman–Crippen LogP) is 1.61. The molecular formula is C15H28N2O3. The Labute approximate surface area is 121 Å². The van der Waals surface area contributed by atoms with E-state index in [9.17, 15) is 9.59 Å². The van der Waals surface area contributed by atoms with Crippen molar-refractivity contribution in [2.45, 2.75) is 53.0 Å². The first-order valence-electron chi connectivity index (χ1n) is 7.41. The van der Waals surface area contributed by atoms with Gasteiger partial charge in [-0.25, -0.2) is 0 Å². The first kappa shape index (κ1) is 17.0. The van der Waals surface area contributed by atoms with Gasteiger partial charge in [-0.05, 0) is 30.1 Å². The van der Waals surface area contributed by atoms with E-state index in [0.717, 1.165) is 12.8 Å². The molecular weight excluding hydrogens is 256 g/mol. The Morgan fingerprint density at radius 2 is 2.00 bits per heavy atom. The highest BCUT2D eigenvalue weighted by Crippen LogP contribution is 2.44. The molecule has 0 aliphatic heterocycles. The van der Waals surface area contributed by atoms with E-state index >= 15 is 0 Å². The SMILES string of the molecule is CC(CNC(=O)C1CCC(N)C(C)C1(C)C)CC(=O)O.